The zero-order chi connectivity index (χ0) is 13.1. The van der Waals surface area contributed by atoms with Crippen LogP contribution >= 0.6 is 0 Å². The number of H-pyrrole nitrogens is 2. The molecule has 2 N–H and O–H groups in total. The number of aromatic amines is 2. The van der Waals surface area contributed by atoms with Gasteiger partial charge in [-0.05, 0) is 12.8 Å². The minimum absolute atomic E-state index is 0.00873. The average molecular weight is 250 g/mol. The minimum Gasteiger partial charge on any atom is -0.303 e. The third-order valence-corrected chi connectivity index (χ3v) is 2.36. The molecule has 0 atom stereocenters. The topological polar surface area (TPSA) is 65.7 Å². The lowest BCUT2D eigenvalue weighted by Gasteiger charge is -2.10. The lowest BCUT2D eigenvalue weighted by molar-refractivity contribution is -0.142. The molecule has 1 aromatic rings. The van der Waals surface area contributed by atoms with E-state index in [0.717, 1.165) is 12.8 Å². The summed E-state index contributed by atoms with van der Waals surface area (Å²) in [6.45, 7) is 1.90. The van der Waals surface area contributed by atoms with Crippen LogP contribution in [0.4, 0.5) is 13.2 Å². The second kappa shape index (κ2) is 5.20. The van der Waals surface area contributed by atoms with Gasteiger partial charge >= 0.3 is 11.9 Å². The molecule has 0 aromatic carbocycles. The number of hydrogen-bond donors (Lipinski definition) is 2. The summed E-state index contributed by atoms with van der Waals surface area (Å²) in [5, 5.41) is 0. The van der Waals surface area contributed by atoms with Crippen LogP contribution in [-0.2, 0) is 12.6 Å². The zero-order valence-corrected chi connectivity index (χ0v) is 9.28. The molecule has 0 saturated carbocycles. The third-order valence-electron chi connectivity index (χ3n) is 2.36. The molecule has 1 rings (SSSR count). The van der Waals surface area contributed by atoms with Gasteiger partial charge in [0.05, 0.1) is 0 Å². The van der Waals surface area contributed by atoms with Gasteiger partial charge in [0.2, 0.25) is 0 Å². The van der Waals surface area contributed by atoms with Gasteiger partial charge in [0.15, 0.2) is 0 Å². The van der Waals surface area contributed by atoms with Crippen molar-refractivity contribution in [3.63, 3.8) is 0 Å². The fourth-order valence-electron chi connectivity index (χ4n) is 1.54. The Balaban J connectivity index is 3.17. The van der Waals surface area contributed by atoms with Gasteiger partial charge in [-0.25, -0.2) is 4.79 Å². The lowest BCUT2D eigenvalue weighted by Crippen LogP contribution is -2.31. The van der Waals surface area contributed by atoms with Crippen LogP contribution in [0.2, 0.25) is 0 Å². The monoisotopic (exact) mass is 250 g/mol. The molecule has 17 heavy (non-hydrogen) atoms. The molecule has 1 heterocycles. The predicted molar refractivity (Wildman–Crippen MR) is 55.9 cm³/mol. The molecule has 0 aliphatic heterocycles. The van der Waals surface area contributed by atoms with Crippen molar-refractivity contribution in [2.45, 2.75) is 38.8 Å². The van der Waals surface area contributed by atoms with Gasteiger partial charge in [-0.15, -0.1) is 0 Å². The van der Waals surface area contributed by atoms with Crippen molar-refractivity contribution >= 4 is 0 Å². The molecule has 4 nitrogen and oxygen atoms in total. The normalized spacial score (nSPS) is 11.8. The lowest BCUT2D eigenvalue weighted by atomic mass is 10.1. The summed E-state index contributed by atoms with van der Waals surface area (Å²) in [7, 11) is 0. The Morgan fingerprint density at radius 2 is 1.76 bits per heavy atom. The maximum absolute atomic E-state index is 12.6. The molecule has 0 unspecified atom stereocenters. The average Bonchev–Trinajstić information content (AvgIpc) is 2.19. The molecule has 0 spiro atoms. The van der Waals surface area contributed by atoms with Gasteiger partial charge in [-0.1, -0.05) is 19.8 Å². The van der Waals surface area contributed by atoms with Crippen LogP contribution in [0, 0.1) is 0 Å². The van der Waals surface area contributed by atoms with Crippen molar-refractivity contribution in [3.05, 3.63) is 32.1 Å². The largest absolute Gasteiger partial charge is 0.431 e. The molecule has 7 heteroatoms. The molecule has 0 aliphatic carbocycles. The van der Waals surface area contributed by atoms with E-state index >= 15 is 0 Å². The van der Waals surface area contributed by atoms with Gasteiger partial charge < -0.3 is 4.98 Å². The van der Waals surface area contributed by atoms with Crippen LogP contribution in [-0.4, -0.2) is 9.97 Å². The van der Waals surface area contributed by atoms with Crippen LogP contribution < -0.4 is 11.2 Å². The van der Waals surface area contributed by atoms with Gasteiger partial charge in [-0.2, -0.15) is 13.2 Å². The molecule has 0 fully saturated rings. The molecular formula is C10H13F3N2O2. The molecule has 0 aliphatic rings. The first-order chi connectivity index (χ1) is 7.86. The third kappa shape index (κ3) is 3.47. The zero-order valence-electron chi connectivity index (χ0n) is 9.28. The quantitative estimate of drug-likeness (QED) is 0.800. The van der Waals surface area contributed by atoms with Crippen molar-refractivity contribution in [1.29, 1.82) is 0 Å². The van der Waals surface area contributed by atoms with Crippen molar-refractivity contribution in [2.75, 3.05) is 0 Å². The highest BCUT2D eigenvalue weighted by Gasteiger charge is 2.35. The van der Waals surface area contributed by atoms with Crippen molar-refractivity contribution < 1.29 is 13.2 Å². The van der Waals surface area contributed by atoms with Crippen molar-refractivity contribution in [1.82, 2.24) is 9.97 Å². The SMILES string of the molecule is CCCCCc1c(C(F)(F)F)[nH]c(=O)[nH]c1=O. The van der Waals surface area contributed by atoms with E-state index in [1.54, 1.807) is 4.98 Å². The molecule has 0 radical (unpaired) electrons. The van der Waals surface area contributed by atoms with Crippen LogP contribution in [0.3, 0.4) is 0 Å². The highest BCUT2D eigenvalue weighted by molar-refractivity contribution is 5.19. The Labute approximate surface area is 94.9 Å². The van der Waals surface area contributed by atoms with E-state index in [2.05, 4.69) is 0 Å². The second-order valence-corrected chi connectivity index (χ2v) is 3.72. The first kappa shape index (κ1) is 13.5. The van der Waals surface area contributed by atoms with Crippen molar-refractivity contribution in [3.8, 4) is 0 Å². The Hall–Kier alpha value is -1.53. The Morgan fingerprint density at radius 1 is 1.12 bits per heavy atom. The fourth-order valence-corrected chi connectivity index (χ4v) is 1.54. The van der Waals surface area contributed by atoms with E-state index in [0.29, 0.717) is 6.42 Å². The van der Waals surface area contributed by atoms with Crippen molar-refractivity contribution in [2.24, 2.45) is 0 Å². The molecule has 96 valence electrons. The predicted octanol–water partition coefficient (Wildman–Crippen LogP) is 1.81. The minimum atomic E-state index is -4.71. The van der Waals surface area contributed by atoms with E-state index < -0.39 is 28.7 Å². The Bertz CT molecular complexity index is 488. The molecule has 1 aromatic heterocycles. The number of hydrogen-bond acceptors (Lipinski definition) is 2. The number of rotatable bonds is 4. The van der Waals surface area contributed by atoms with Gasteiger partial charge in [0.1, 0.15) is 5.69 Å². The second-order valence-electron chi connectivity index (χ2n) is 3.72. The number of unbranched alkanes of at least 4 members (excludes halogenated alkanes) is 2. The Kier molecular flexibility index (Phi) is 4.14. The van der Waals surface area contributed by atoms with Gasteiger partial charge in [0.25, 0.3) is 5.56 Å². The van der Waals surface area contributed by atoms with Gasteiger partial charge in [-0.3, -0.25) is 9.78 Å². The summed E-state index contributed by atoms with van der Waals surface area (Å²) in [6, 6.07) is 0. The summed E-state index contributed by atoms with van der Waals surface area (Å²) >= 11 is 0. The molecule has 0 saturated heterocycles. The molecule has 0 bridgehead atoms. The van der Waals surface area contributed by atoms with Crippen LogP contribution in [0.1, 0.15) is 37.4 Å². The van der Waals surface area contributed by atoms with Crippen LogP contribution in [0.15, 0.2) is 9.59 Å². The maximum atomic E-state index is 12.6. The summed E-state index contributed by atoms with van der Waals surface area (Å²) < 4.78 is 37.8. The van der Waals surface area contributed by atoms with E-state index in [1.165, 1.54) is 0 Å². The number of aromatic nitrogens is 2. The smallest absolute Gasteiger partial charge is 0.303 e. The van der Waals surface area contributed by atoms with E-state index in [9.17, 15) is 22.8 Å². The summed E-state index contributed by atoms with van der Waals surface area (Å²) in [4.78, 5) is 25.6. The standard InChI is InChI=1S/C10H13F3N2O2/c1-2-3-4-5-6-7(10(11,12)13)14-9(17)15-8(6)16/h2-5H2,1H3,(H2,14,15,16,17). The van der Waals surface area contributed by atoms with Crippen LogP contribution in [0.25, 0.3) is 0 Å². The molecule has 0 amide bonds. The highest BCUT2D eigenvalue weighted by atomic mass is 19.4. The van der Waals surface area contributed by atoms with E-state index in [-0.39, 0.29) is 6.42 Å². The van der Waals surface area contributed by atoms with E-state index in [4.69, 9.17) is 0 Å². The summed E-state index contributed by atoms with van der Waals surface area (Å²) in [5.41, 5.74) is -3.73. The first-order valence-corrected chi connectivity index (χ1v) is 5.29. The Morgan fingerprint density at radius 3 is 2.29 bits per heavy atom. The number of halogens is 3. The summed E-state index contributed by atoms with van der Waals surface area (Å²) in [5.74, 6) is 0. The van der Waals surface area contributed by atoms with E-state index in [1.807, 2.05) is 11.9 Å². The van der Waals surface area contributed by atoms with Gasteiger partial charge in [0, 0.05) is 5.56 Å². The highest BCUT2D eigenvalue weighted by Crippen LogP contribution is 2.28. The molecular weight excluding hydrogens is 237 g/mol. The summed E-state index contributed by atoms with van der Waals surface area (Å²) in [6.07, 6.45) is -2.66. The fraction of sp³-hybridized carbons (Fsp3) is 0.600. The first-order valence-electron chi connectivity index (χ1n) is 5.29. The number of nitrogens with one attached hydrogen (secondary N) is 2. The number of alkyl halides is 3. The van der Waals surface area contributed by atoms with Crippen LogP contribution in [0.5, 0.6) is 0 Å². The maximum Gasteiger partial charge on any atom is 0.431 e.